The van der Waals surface area contributed by atoms with Gasteiger partial charge in [-0.25, -0.2) is 0 Å². The Bertz CT molecular complexity index is 962. The number of phenols is 1. The third-order valence-electron chi connectivity index (χ3n) is 5.87. The van der Waals surface area contributed by atoms with Crippen molar-refractivity contribution in [3.05, 3.63) is 99.0 Å². The van der Waals surface area contributed by atoms with Crippen LogP contribution in [0.25, 0.3) is 0 Å². The van der Waals surface area contributed by atoms with Crippen LogP contribution in [0.2, 0.25) is 5.02 Å². The third kappa shape index (κ3) is 3.84. The van der Waals surface area contributed by atoms with Gasteiger partial charge in [-0.15, -0.1) is 0 Å². The number of nitrogens with zero attached hydrogens (tertiary/aromatic N) is 1. The van der Waals surface area contributed by atoms with Crippen molar-refractivity contribution in [1.82, 2.24) is 4.90 Å². The molecule has 1 N–H and O–H groups in total. The largest absolute Gasteiger partial charge is 0.508 e. The van der Waals surface area contributed by atoms with Crippen molar-refractivity contribution in [2.45, 2.75) is 24.8 Å². The van der Waals surface area contributed by atoms with Crippen LogP contribution in [-0.4, -0.2) is 23.1 Å². The average Bonchev–Trinajstić information content (AvgIpc) is 3.15. The Balaban J connectivity index is 1.73. The van der Waals surface area contributed by atoms with E-state index < -0.39 is 0 Å². The lowest BCUT2D eigenvalue weighted by atomic mass is 9.84. The molecular weight excluding hydrogens is 434 g/mol. The van der Waals surface area contributed by atoms with Crippen LogP contribution in [0, 0.1) is 0 Å². The van der Waals surface area contributed by atoms with Crippen molar-refractivity contribution in [2.24, 2.45) is 0 Å². The highest BCUT2D eigenvalue weighted by atomic mass is 79.9. The Morgan fingerprint density at radius 1 is 0.929 bits per heavy atom. The fourth-order valence-corrected chi connectivity index (χ4v) is 5.08. The number of likely N-dealkylation sites (tertiary alicyclic amines) is 1. The minimum absolute atomic E-state index is 0.170. The molecule has 0 saturated carbocycles. The van der Waals surface area contributed by atoms with Crippen molar-refractivity contribution in [3.8, 4) is 5.75 Å². The van der Waals surface area contributed by atoms with E-state index in [0.29, 0.717) is 16.8 Å². The highest BCUT2D eigenvalue weighted by Gasteiger charge is 2.39. The van der Waals surface area contributed by atoms with Crippen LogP contribution in [0.5, 0.6) is 5.75 Å². The molecule has 0 spiro atoms. The zero-order chi connectivity index (χ0) is 19.7. The number of aromatic hydroxyl groups is 1. The van der Waals surface area contributed by atoms with Crippen molar-refractivity contribution in [3.63, 3.8) is 0 Å². The molecule has 0 aromatic heterocycles. The predicted molar refractivity (Wildman–Crippen MR) is 119 cm³/mol. The van der Waals surface area contributed by atoms with Gasteiger partial charge < -0.3 is 5.11 Å². The summed E-state index contributed by atoms with van der Waals surface area (Å²) in [5.41, 5.74) is 3.51. The van der Waals surface area contributed by atoms with Crippen molar-refractivity contribution in [2.75, 3.05) is 13.1 Å². The van der Waals surface area contributed by atoms with Crippen LogP contribution < -0.4 is 0 Å². The lowest BCUT2D eigenvalue weighted by Gasteiger charge is -2.25. The summed E-state index contributed by atoms with van der Waals surface area (Å²) in [7, 11) is 0. The van der Waals surface area contributed by atoms with E-state index >= 15 is 0 Å². The Morgan fingerprint density at radius 3 is 2.29 bits per heavy atom. The van der Waals surface area contributed by atoms with E-state index in [1.54, 1.807) is 12.1 Å². The van der Waals surface area contributed by atoms with Gasteiger partial charge in [0, 0.05) is 46.0 Å². The van der Waals surface area contributed by atoms with E-state index in [1.165, 1.54) is 11.1 Å². The molecule has 4 rings (SSSR count). The van der Waals surface area contributed by atoms with Crippen LogP contribution >= 0.6 is 27.5 Å². The molecule has 2 nitrogen and oxygen atoms in total. The topological polar surface area (TPSA) is 23.5 Å². The van der Waals surface area contributed by atoms with Gasteiger partial charge in [0.25, 0.3) is 0 Å². The minimum atomic E-state index is 0.170. The summed E-state index contributed by atoms with van der Waals surface area (Å²) in [6.07, 6.45) is 0. The summed E-state index contributed by atoms with van der Waals surface area (Å²) < 4.78 is 1.11. The second-order valence-electron chi connectivity index (χ2n) is 7.48. The first kappa shape index (κ1) is 19.5. The zero-order valence-corrected chi connectivity index (χ0v) is 18.1. The fourth-order valence-electron chi connectivity index (χ4n) is 4.32. The van der Waals surface area contributed by atoms with Crippen LogP contribution in [0.3, 0.4) is 0 Å². The van der Waals surface area contributed by atoms with Gasteiger partial charge >= 0.3 is 0 Å². The first-order valence-electron chi connectivity index (χ1n) is 9.56. The van der Waals surface area contributed by atoms with Gasteiger partial charge in [-0.05, 0) is 42.3 Å². The molecule has 0 unspecified atom stereocenters. The lowest BCUT2D eigenvalue weighted by molar-refractivity contribution is 0.257. The first-order chi connectivity index (χ1) is 13.5. The maximum Gasteiger partial charge on any atom is 0.119 e. The van der Waals surface area contributed by atoms with Gasteiger partial charge in [0.2, 0.25) is 0 Å². The minimum Gasteiger partial charge on any atom is -0.508 e. The van der Waals surface area contributed by atoms with Crippen molar-refractivity contribution in [1.29, 1.82) is 0 Å². The molecule has 3 aromatic carbocycles. The van der Waals surface area contributed by atoms with Crippen molar-refractivity contribution >= 4 is 27.5 Å². The molecule has 4 heteroatoms. The molecule has 1 aliphatic rings. The Morgan fingerprint density at radius 2 is 1.57 bits per heavy atom. The van der Waals surface area contributed by atoms with E-state index in [1.807, 2.05) is 12.1 Å². The van der Waals surface area contributed by atoms with Crippen LogP contribution in [0.15, 0.2) is 77.3 Å². The van der Waals surface area contributed by atoms with Gasteiger partial charge in [-0.1, -0.05) is 76.1 Å². The molecule has 0 radical (unpaired) electrons. The molecule has 1 fully saturated rings. The van der Waals surface area contributed by atoms with E-state index in [2.05, 4.69) is 76.3 Å². The molecule has 144 valence electrons. The maximum atomic E-state index is 10.6. The quantitative estimate of drug-likeness (QED) is 0.469. The molecule has 28 heavy (non-hydrogen) atoms. The average molecular weight is 457 g/mol. The van der Waals surface area contributed by atoms with Gasteiger partial charge in [0.15, 0.2) is 0 Å². The van der Waals surface area contributed by atoms with Gasteiger partial charge in [0.1, 0.15) is 5.75 Å². The molecule has 0 bridgehead atoms. The summed E-state index contributed by atoms with van der Waals surface area (Å²) >= 11 is 10.0. The van der Waals surface area contributed by atoms with Gasteiger partial charge in [-0.2, -0.15) is 0 Å². The van der Waals surface area contributed by atoms with E-state index in [-0.39, 0.29) is 11.8 Å². The Kier molecular flexibility index (Phi) is 5.77. The summed E-state index contributed by atoms with van der Waals surface area (Å²) in [4.78, 5) is 2.50. The molecular formula is C24H23BrClNO. The molecule has 1 heterocycles. The first-order valence-corrected chi connectivity index (χ1v) is 10.7. The van der Waals surface area contributed by atoms with Gasteiger partial charge in [0.05, 0.1) is 0 Å². The number of halogens is 2. The molecule has 0 amide bonds. The lowest BCUT2D eigenvalue weighted by Crippen LogP contribution is -2.24. The third-order valence-corrected chi connectivity index (χ3v) is 6.83. The maximum absolute atomic E-state index is 10.6. The second kappa shape index (κ2) is 8.28. The van der Waals surface area contributed by atoms with Crippen LogP contribution in [-0.2, 0) is 0 Å². The summed E-state index contributed by atoms with van der Waals surface area (Å²) in [6.45, 7) is 4.05. The monoisotopic (exact) mass is 455 g/mol. The standard InChI is InChI=1S/C24H23BrClNO/c1-16(17-7-3-2-4-8-17)27-14-21(19-9-5-6-10-23(19)25)22(15-27)20-13-18(26)11-12-24(20)28/h2-13,16,21-22,28H,14-15H2,1H3/t16-,21+,22+/m1/s1. The molecule has 3 atom stereocenters. The van der Waals surface area contributed by atoms with E-state index in [4.69, 9.17) is 11.6 Å². The number of benzene rings is 3. The summed E-state index contributed by atoms with van der Waals surface area (Å²) in [5, 5.41) is 11.2. The Labute approximate surface area is 179 Å². The summed E-state index contributed by atoms with van der Waals surface area (Å²) in [6, 6.07) is 24.7. The predicted octanol–water partition coefficient (Wildman–Crippen LogP) is 6.75. The second-order valence-corrected chi connectivity index (χ2v) is 8.77. The Hall–Kier alpha value is -1.81. The van der Waals surface area contributed by atoms with E-state index in [9.17, 15) is 5.11 Å². The highest BCUT2D eigenvalue weighted by Crippen LogP contribution is 2.47. The van der Waals surface area contributed by atoms with Crippen LogP contribution in [0.1, 0.15) is 41.5 Å². The van der Waals surface area contributed by atoms with Crippen LogP contribution in [0.4, 0.5) is 0 Å². The highest BCUT2D eigenvalue weighted by molar-refractivity contribution is 9.10. The van der Waals surface area contributed by atoms with Crippen molar-refractivity contribution < 1.29 is 5.11 Å². The molecule has 0 aliphatic carbocycles. The zero-order valence-electron chi connectivity index (χ0n) is 15.7. The van der Waals surface area contributed by atoms with E-state index in [0.717, 1.165) is 23.1 Å². The SMILES string of the molecule is C[C@H](c1ccccc1)N1C[C@@H](c2cc(Cl)ccc2O)[C@H](c2ccccc2Br)C1. The smallest absolute Gasteiger partial charge is 0.119 e. The number of hydrogen-bond donors (Lipinski definition) is 1. The van der Waals surface area contributed by atoms with Gasteiger partial charge in [-0.3, -0.25) is 4.90 Å². The molecule has 1 saturated heterocycles. The summed E-state index contributed by atoms with van der Waals surface area (Å²) in [5.74, 6) is 0.760. The number of hydrogen-bond acceptors (Lipinski definition) is 2. The normalized spacial score (nSPS) is 21.0. The fraction of sp³-hybridized carbons (Fsp3) is 0.250. The number of rotatable bonds is 4. The number of phenolic OH excluding ortho intramolecular Hbond substituents is 1. The molecule has 3 aromatic rings. The molecule has 1 aliphatic heterocycles.